The zero-order valence-corrected chi connectivity index (χ0v) is 17.8. The van der Waals surface area contributed by atoms with Crippen molar-refractivity contribution in [2.45, 2.75) is 32.4 Å². The lowest BCUT2D eigenvalue weighted by Gasteiger charge is -2.15. The summed E-state index contributed by atoms with van der Waals surface area (Å²) in [7, 11) is 0. The Bertz CT molecular complexity index is 853. The van der Waals surface area contributed by atoms with Crippen LogP contribution in [0.2, 0.25) is 0 Å². The Balaban J connectivity index is 1.88. The van der Waals surface area contributed by atoms with Crippen LogP contribution >= 0.6 is 11.8 Å². The highest BCUT2D eigenvalue weighted by Gasteiger charge is 2.18. The second-order valence-corrected chi connectivity index (χ2v) is 7.99. The lowest BCUT2D eigenvalue weighted by atomic mass is 10.1. The van der Waals surface area contributed by atoms with Gasteiger partial charge in [0.15, 0.2) is 0 Å². The predicted octanol–water partition coefficient (Wildman–Crippen LogP) is 3.83. The van der Waals surface area contributed by atoms with Gasteiger partial charge in [0.25, 0.3) is 5.91 Å². The van der Waals surface area contributed by atoms with Crippen LogP contribution in [0.5, 0.6) is 0 Å². The maximum absolute atomic E-state index is 12.5. The minimum absolute atomic E-state index is 0.154. The second-order valence-electron chi connectivity index (χ2n) is 6.66. The van der Waals surface area contributed by atoms with Crippen molar-refractivity contribution >= 4 is 40.9 Å². The van der Waals surface area contributed by atoms with E-state index in [1.807, 2.05) is 38.1 Å². The van der Waals surface area contributed by atoms with Crippen molar-refractivity contribution in [2.24, 2.45) is 0 Å². The van der Waals surface area contributed by atoms with Crippen molar-refractivity contribution in [2.75, 3.05) is 22.9 Å². The first-order valence-electron chi connectivity index (χ1n) is 9.57. The van der Waals surface area contributed by atoms with Crippen LogP contribution in [0.4, 0.5) is 11.4 Å². The van der Waals surface area contributed by atoms with Crippen molar-refractivity contribution in [3.63, 3.8) is 0 Å². The summed E-state index contributed by atoms with van der Waals surface area (Å²) in [6.45, 7) is 6.26. The minimum atomic E-state index is -0.453. The quantitative estimate of drug-likeness (QED) is 0.583. The van der Waals surface area contributed by atoms with Gasteiger partial charge >= 0.3 is 0 Å². The molecule has 0 radical (unpaired) electrons. The molecule has 2 aromatic rings. The Labute approximate surface area is 175 Å². The summed E-state index contributed by atoms with van der Waals surface area (Å²) in [6.07, 6.45) is 0.832. The Kier molecular flexibility index (Phi) is 8.73. The number of anilines is 2. The van der Waals surface area contributed by atoms with E-state index in [-0.39, 0.29) is 23.5 Å². The van der Waals surface area contributed by atoms with Gasteiger partial charge in [0.2, 0.25) is 11.8 Å². The number of hydrogen-bond acceptors (Lipinski definition) is 4. The van der Waals surface area contributed by atoms with E-state index in [1.54, 1.807) is 31.2 Å². The molecule has 0 saturated carbocycles. The second kappa shape index (κ2) is 11.3. The smallest absolute Gasteiger partial charge is 0.253 e. The van der Waals surface area contributed by atoms with E-state index in [0.717, 1.165) is 17.7 Å². The van der Waals surface area contributed by atoms with Gasteiger partial charge in [-0.05, 0) is 44.5 Å². The Morgan fingerprint density at radius 3 is 2.38 bits per heavy atom. The molecule has 0 bridgehead atoms. The fraction of sp³-hybridized carbons (Fsp3) is 0.318. The third-order valence-corrected chi connectivity index (χ3v) is 5.28. The Morgan fingerprint density at radius 1 is 1.00 bits per heavy atom. The molecule has 2 aromatic carbocycles. The van der Waals surface area contributed by atoms with Gasteiger partial charge in [0, 0.05) is 12.2 Å². The molecule has 0 aliphatic rings. The van der Waals surface area contributed by atoms with Crippen LogP contribution < -0.4 is 16.0 Å². The lowest BCUT2D eigenvalue weighted by Crippen LogP contribution is -2.28. The van der Waals surface area contributed by atoms with Crippen LogP contribution in [-0.2, 0) is 9.59 Å². The summed E-state index contributed by atoms with van der Waals surface area (Å²) in [5.74, 6) is -0.492. The molecule has 0 spiro atoms. The van der Waals surface area contributed by atoms with Crippen molar-refractivity contribution in [1.29, 1.82) is 0 Å². The number of hydrogen-bond donors (Lipinski definition) is 3. The van der Waals surface area contributed by atoms with Gasteiger partial charge in [-0.3, -0.25) is 14.4 Å². The average molecular weight is 414 g/mol. The zero-order chi connectivity index (χ0) is 21.2. The van der Waals surface area contributed by atoms with Gasteiger partial charge in [0.05, 0.1) is 22.3 Å². The number of thioether (sulfide) groups is 1. The highest BCUT2D eigenvalue weighted by atomic mass is 32.2. The standard InChI is InChI=1S/C22H27N3O3S/c1-4-13-23-22(28)18-7-5-6-8-19(18)25-21(27)16(3)29-14-20(26)24-17-11-9-15(2)10-12-17/h5-12,16H,4,13-14H2,1-3H3,(H,23,28)(H,24,26)(H,25,27). The number of benzene rings is 2. The highest BCUT2D eigenvalue weighted by Crippen LogP contribution is 2.19. The SMILES string of the molecule is CCCNC(=O)c1ccccc1NC(=O)C(C)SCC(=O)Nc1ccc(C)cc1. The lowest BCUT2D eigenvalue weighted by molar-refractivity contribution is -0.115. The molecule has 0 aliphatic heterocycles. The van der Waals surface area contributed by atoms with Crippen molar-refractivity contribution in [1.82, 2.24) is 5.32 Å². The van der Waals surface area contributed by atoms with Gasteiger partial charge < -0.3 is 16.0 Å². The van der Waals surface area contributed by atoms with Crippen molar-refractivity contribution in [3.05, 3.63) is 59.7 Å². The molecule has 6 nitrogen and oxygen atoms in total. The van der Waals surface area contributed by atoms with Gasteiger partial charge in [-0.15, -0.1) is 11.8 Å². The number of amides is 3. The first kappa shape index (κ1) is 22.5. The molecule has 1 unspecified atom stereocenters. The summed E-state index contributed by atoms with van der Waals surface area (Å²) in [6, 6.07) is 14.4. The molecule has 7 heteroatoms. The van der Waals surface area contributed by atoms with Gasteiger partial charge in [-0.25, -0.2) is 0 Å². The maximum atomic E-state index is 12.5. The monoisotopic (exact) mass is 413 g/mol. The summed E-state index contributed by atoms with van der Waals surface area (Å²) in [4.78, 5) is 36.9. The highest BCUT2D eigenvalue weighted by molar-refractivity contribution is 8.01. The average Bonchev–Trinajstić information content (AvgIpc) is 2.72. The molecule has 1 atom stereocenters. The molecular formula is C22H27N3O3S. The van der Waals surface area contributed by atoms with Gasteiger partial charge in [-0.2, -0.15) is 0 Å². The number of carbonyl (C=O) groups excluding carboxylic acids is 3. The van der Waals surface area contributed by atoms with Crippen LogP contribution in [0.15, 0.2) is 48.5 Å². The summed E-state index contributed by atoms with van der Waals surface area (Å²) < 4.78 is 0. The van der Waals surface area contributed by atoms with E-state index in [2.05, 4.69) is 16.0 Å². The Hall–Kier alpha value is -2.80. The van der Waals surface area contributed by atoms with E-state index in [0.29, 0.717) is 17.8 Å². The molecule has 0 saturated heterocycles. The van der Waals surface area contributed by atoms with Crippen LogP contribution in [0.25, 0.3) is 0 Å². The predicted molar refractivity (Wildman–Crippen MR) is 119 cm³/mol. The molecule has 154 valence electrons. The van der Waals surface area contributed by atoms with Crippen LogP contribution in [0, 0.1) is 6.92 Å². The molecule has 0 fully saturated rings. The molecular weight excluding hydrogens is 386 g/mol. The molecule has 3 amide bonds. The molecule has 0 aromatic heterocycles. The van der Waals surface area contributed by atoms with Gasteiger partial charge in [0.1, 0.15) is 0 Å². The topological polar surface area (TPSA) is 87.3 Å². The van der Waals surface area contributed by atoms with E-state index in [4.69, 9.17) is 0 Å². The fourth-order valence-corrected chi connectivity index (χ4v) is 3.15. The number of nitrogens with one attached hydrogen (secondary N) is 3. The molecule has 0 heterocycles. The van der Waals surface area contributed by atoms with E-state index < -0.39 is 5.25 Å². The van der Waals surface area contributed by atoms with Crippen LogP contribution in [0.1, 0.15) is 36.2 Å². The van der Waals surface area contributed by atoms with Crippen LogP contribution in [0.3, 0.4) is 0 Å². The van der Waals surface area contributed by atoms with E-state index in [1.165, 1.54) is 11.8 Å². The first-order chi connectivity index (χ1) is 13.9. The van der Waals surface area contributed by atoms with Crippen molar-refractivity contribution < 1.29 is 14.4 Å². The normalized spacial score (nSPS) is 11.4. The Morgan fingerprint density at radius 2 is 1.69 bits per heavy atom. The number of carbonyl (C=O) groups is 3. The van der Waals surface area contributed by atoms with Crippen LogP contribution in [-0.4, -0.2) is 35.3 Å². The molecule has 0 aliphatic carbocycles. The summed E-state index contributed by atoms with van der Waals surface area (Å²) in [5.41, 5.74) is 2.72. The summed E-state index contributed by atoms with van der Waals surface area (Å²) in [5, 5.41) is 7.96. The maximum Gasteiger partial charge on any atom is 0.253 e. The minimum Gasteiger partial charge on any atom is -0.352 e. The molecule has 3 N–H and O–H groups in total. The third kappa shape index (κ3) is 7.27. The van der Waals surface area contributed by atoms with Crippen molar-refractivity contribution in [3.8, 4) is 0 Å². The number of para-hydroxylation sites is 1. The molecule has 2 rings (SSSR count). The number of aryl methyl sites for hydroxylation is 1. The third-order valence-electron chi connectivity index (χ3n) is 4.13. The molecule has 29 heavy (non-hydrogen) atoms. The van der Waals surface area contributed by atoms with E-state index >= 15 is 0 Å². The fourth-order valence-electron chi connectivity index (χ4n) is 2.47. The van der Waals surface area contributed by atoms with E-state index in [9.17, 15) is 14.4 Å². The zero-order valence-electron chi connectivity index (χ0n) is 17.0. The van der Waals surface area contributed by atoms with Gasteiger partial charge in [-0.1, -0.05) is 36.8 Å². The summed E-state index contributed by atoms with van der Waals surface area (Å²) >= 11 is 1.24. The number of rotatable bonds is 9. The largest absolute Gasteiger partial charge is 0.352 e. The first-order valence-corrected chi connectivity index (χ1v) is 10.6.